The highest BCUT2D eigenvalue weighted by Crippen LogP contribution is 2.30. The predicted molar refractivity (Wildman–Crippen MR) is 71.1 cm³/mol. The third kappa shape index (κ3) is 2.65. The van der Waals surface area contributed by atoms with Crippen LogP contribution in [0.4, 0.5) is 0 Å². The van der Waals surface area contributed by atoms with Gasteiger partial charge in [0.15, 0.2) is 11.6 Å². The van der Waals surface area contributed by atoms with Gasteiger partial charge in [-0.1, -0.05) is 26.7 Å². The van der Waals surface area contributed by atoms with Gasteiger partial charge in [-0.2, -0.15) is 0 Å². The van der Waals surface area contributed by atoms with Crippen LogP contribution in [0.25, 0.3) is 0 Å². The van der Waals surface area contributed by atoms with Gasteiger partial charge in [0.1, 0.15) is 0 Å². The zero-order chi connectivity index (χ0) is 13.1. The van der Waals surface area contributed by atoms with E-state index in [2.05, 4.69) is 19.2 Å². The zero-order valence-electron chi connectivity index (χ0n) is 11.4. The minimum absolute atomic E-state index is 0.0670. The molecule has 3 nitrogen and oxygen atoms in total. The third-order valence-corrected chi connectivity index (χ3v) is 4.35. The number of piperidine rings is 1. The standard InChI is InChI=1S/C15H23NO2/c1-3-10-5-6-16-12(7-10)15-13(17)8-11(4-2)9-14(15)18/h10-11,16H,3-9H2,1-2H3. The summed E-state index contributed by atoms with van der Waals surface area (Å²) in [4.78, 5) is 24.3. The van der Waals surface area contributed by atoms with Gasteiger partial charge in [-0.25, -0.2) is 0 Å². The maximum absolute atomic E-state index is 12.1. The fourth-order valence-corrected chi connectivity index (χ4v) is 3.01. The largest absolute Gasteiger partial charge is 0.388 e. The number of rotatable bonds is 2. The molecule has 1 atom stereocenters. The Hall–Kier alpha value is -1.12. The summed E-state index contributed by atoms with van der Waals surface area (Å²) in [5.41, 5.74) is 1.43. The third-order valence-electron chi connectivity index (χ3n) is 4.35. The maximum Gasteiger partial charge on any atom is 0.168 e. The first-order valence-corrected chi connectivity index (χ1v) is 7.19. The minimum Gasteiger partial charge on any atom is -0.388 e. The molecule has 0 spiro atoms. The van der Waals surface area contributed by atoms with Crippen LogP contribution in [0.2, 0.25) is 0 Å². The van der Waals surface area contributed by atoms with Crippen molar-refractivity contribution in [1.29, 1.82) is 0 Å². The molecular weight excluding hydrogens is 226 g/mol. The van der Waals surface area contributed by atoms with Crippen LogP contribution >= 0.6 is 0 Å². The Labute approximate surface area is 109 Å². The molecular formula is C15H23NO2. The minimum atomic E-state index is 0.0670. The van der Waals surface area contributed by atoms with Crippen molar-refractivity contribution in [3.05, 3.63) is 11.3 Å². The number of nitrogens with one attached hydrogen (secondary N) is 1. The Kier molecular flexibility index (Phi) is 4.20. The van der Waals surface area contributed by atoms with Gasteiger partial charge in [0.05, 0.1) is 5.57 Å². The van der Waals surface area contributed by atoms with Crippen LogP contribution < -0.4 is 5.32 Å². The van der Waals surface area contributed by atoms with E-state index in [0.29, 0.717) is 24.3 Å². The van der Waals surface area contributed by atoms with E-state index < -0.39 is 0 Å². The van der Waals surface area contributed by atoms with Crippen LogP contribution in [-0.4, -0.2) is 18.1 Å². The number of hydrogen-bond acceptors (Lipinski definition) is 3. The summed E-state index contributed by atoms with van der Waals surface area (Å²) in [6.07, 6.45) is 5.18. The van der Waals surface area contributed by atoms with E-state index in [-0.39, 0.29) is 17.5 Å². The molecule has 1 aliphatic heterocycles. The number of allylic oxidation sites excluding steroid dienone is 2. The molecule has 1 aliphatic carbocycles. The predicted octanol–water partition coefficient (Wildman–Crippen LogP) is 2.61. The molecule has 1 saturated carbocycles. The second-order valence-electron chi connectivity index (χ2n) is 5.58. The molecule has 18 heavy (non-hydrogen) atoms. The van der Waals surface area contributed by atoms with Gasteiger partial charge in [-0.3, -0.25) is 9.59 Å². The first-order valence-electron chi connectivity index (χ1n) is 7.19. The van der Waals surface area contributed by atoms with Gasteiger partial charge in [-0.15, -0.1) is 0 Å². The van der Waals surface area contributed by atoms with Crippen molar-refractivity contribution in [2.24, 2.45) is 11.8 Å². The van der Waals surface area contributed by atoms with Gasteiger partial charge in [0, 0.05) is 25.1 Å². The number of carbonyl (C=O) groups excluding carboxylic acids is 2. The molecule has 0 amide bonds. The SMILES string of the molecule is CCC1CC(=O)C(=C2CC(CC)CCN2)C(=O)C1. The van der Waals surface area contributed by atoms with Gasteiger partial charge in [0.2, 0.25) is 0 Å². The average molecular weight is 249 g/mol. The molecule has 2 aliphatic rings. The second kappa shape index (κ2) is 5.68. The van der Waals surface area contributed by atoms with Crippen molar-refractivity contribution in [3.8, 4) is 0 Å². The molecule has 100 valence electrons. The lowest BCUT2D eigenvalue weighted by atomic mass is 9.79. The molecule has 3 heteroatoms. The van der Waals surface area contributed by atoms with E-state index >= 15 is 0 Å². The lowest BCUT2D eigenvalue weighted by molar-refractivity contribution is -0.125. The molecule has 2 rings (SSSR count). The summed E-state index contributed by atoms with van der Waals surface area (Å²) >= 11 is 0. The number of ketones is 2. The van der Waals surface area contributed by atoms with Gasteiger partial charge in [-0.05, 0) is 24.7 Å². The Morgan fingerprint density at radius 3 is 2.17 bits per heavy atom. The zero-order valence-corrected chi connectivity index (χ0v) is 11.4. The monoisotopic (exact) mass is 249 g/mol. The van der Waals surface area contributed by atoms with Crippen molar-refractivity contribution < 1.29 is 9.59 Å². The summed E-state index contributed by atoms with van der Waals surface area (Å²) in [5.74, 6) is 1.02. The van der Waals surface area contributed by atoms with Crippen LogP contribution in [0.1, 0.15) is 52.4 Å². The molecule has 1 unspecified atom stereocenters. The smallest absolute Gasteiger partial charge is 0.168 e. The molecule has 0 radical (unpaired) electrons. The average Bonchev–Trinajstić information content (AvgIpc) is 2.38. The van der Waals surface area contributed by atoms with Gasteiger partial charge in [0.25, 0.3) is 0 Å². The fourth-order valence-electron chi connectivity index (χ4n) is 3.01. The molecule has 0 bridgehead atoms. The topological polar surface area (TPSA) is 46.2 Å². The van der Waals surface area contributed by atoms with E-state index in [9.17, 15) is 9.59 Å². The van der Waals surface area contributed by atoms with Gasteiger partial charge < -0.3 is 5.32 Å². The summed E-state index contributed by atoms with van der Waals surface area (Å²) in [7, 11) is 0. The fraction of sp³-hybridized carbons (Fsp3) is 0.733. The summed E-state index contributed by atoms with van der Waals surface area (Å²) in [5, 5.41) is 3.28. The lowest BCUT2D eigenvalue weighted by Crippen LogP contribution is -2.34. The van der Waals surface area contributed by atoms with Crippen molar-refractivity contribution in [2.75, 3.05) is 6.54 Å². The number of carbonyl (C=O) groups is 2. The van der Waals surface area contributed by atoms with Crippen molar-refractivity contribution in [1.82, 2.24) is 5.32 Å². The van der Waals surface area contributed by atoms with E-state index in [1.165, 1.54) is 0 Å². The molecule has 0 aromatic heterocycles. The second-order valence-corrected chi connectivity index (χ2v) is 5.58. The van der Waals surface area contributed by atoms with E-state index in [1.54, 1.807) is 0 Å². The summed E-state index contributed by atoms with van der Waals surface area (Å²) in [6, 6.07) is 0. The van der Waals surface area contributed by atoms with Crippen LogP contribution in [0.3, 0.4) is 0 Å². The molecule has 0 aromatic carbocycles. The van der Waals surface area contributed by atoms with E-state index in [4.69, 9.17) is 0 Å². The molecule has 0 aromatic rings. The highest BCUT2D eigenvalue weighted by molar-refractivity contribution is 6.22. The summed E-state index contributed by atoms with van der Waals surface area (Å²) in [6.45, 7) is 5.13. The van der Waals surface area contributed by atoms with Gasteiger partial charge >= 0.3 is 0 Å². The normalized spacial score (nSPS) is 29.4. The highest BCUT2D eigenvalue weighted by Gasteiger charge is 2.33. The Bertz CT molecular complexity index is 364. The first kappa shape index (κ1) is 13.3. The maximum atomic E-state index is 12.1. The van der Waals surface area contributed by atoms with Crippen LogP contribution in [-0.2, 0) is 9.59 Å². The molecule has 1 saturated heterocycles. The lowest BCUT2D eigenvalue weighted by Gasteiger charge is -2.29. The van der Waals surface area contributed by atoms with E-state index in [0.717, 1.165) is 37.9 Å². The van der Waals surface area contributed by atoms with E-state index in [1.807, 2.05) is 0 Å². The summed E-state index contributed by atoms with van der Waals surface area (Å²) < 4.78 is 0. The number of hydrogen-bond donors (Lipinski definition) is 1. The quantitative estimate of drug-likeness (QED) is 0.604. The number of Topliss-reactive ketones (excluding diaryl/α,β-unsaturated/α-hetero) is 2. The Balaban J connectivity index is 2.20. The Morgan fingerprint density at radius 2 is 1.61 bits per heavy atom. The van der Waals surface area contributed by atoms with Crippen molar-refractivity contribution in [2.45, 2.75) is 52.4 Å². The first-order chi connectivity index (χ1) is 8.65. The van der Waals surface area contributed by atoms with Crippen LogP contribution in [0, 0.1) is 11.8 Å². The van der Waals surface area contributed by atoms with Crippen LogP contribution in [0.5, 0.6) is 0 Å². The molecule has 1 N–H and O–H groups in total. The van der Waals surface area contributed by atoms with Crippen LogP contribution in [0.15, 0.2) is 11.3 Å². The molecule has 1 heterocycles. The molecule has 2 fully saturated rings. The Morgan fingerprint density at radius 1 is 1.00 bits per heavy atom. The highest BCUT2D eigenvalue weighted by atomic mass is 16.1. The van der Waals surface area contributed by atoms with Crippen molar-refractivity contribution >= 4 is 11.6 Å². The van der Waals surface area contributed by atoms with Crippen molar-refractivity contribution in [3.63, 3.8) is 0 Å².